The lowest BCUT2D eigenvalue weighted by molar-refractivity contribution is -0.126. The van der Waals surface area contributed by atoms with Gasteiger partial charge in [-0.2, -0.15) is 4.31 Å². The summed E-state index contributed by atoms with van der Waals surface area (Å²) in [4.78, 5) is 12.6. The summed E-state index contributed by atoms with van der Waals surface area (Å²) in [5, 5.41) is 6.19. The molecule has 1 aromatic rings. The monoisotopic (exact) mass is 401 g/mol. The van der Waals surface area contributed by atoms with Crippen LogP contribution in [-0.4, -0.2) is 51.4 Å². The summed E-state index contributed by atoms with van der Waals surface area (Å²) in [6.07, 6.45) is 1.16. The first kappa shape index (κ1) is 21.2. The number of piperidine rings is 1. The van der Waals surface area contributed by atoms with Crippen LogP contribution in [0.5, 0.6) is 0 Å². The average molecular weight is 402 g/mol. The van der Waals surface area contributed by atoms with Crippen molar-refractivity contribution in [2.45, 2.75) is 31.6 Å². The molecule has 146 valence electrons. The van der Waals surface area contributed by atoms with E-state index in [1.165, 1.54) is 4.31 Å². The number of nitrogens with one attached hydrogen (secondary N) is 2. The number of hydrogen-bond donors (Lipinski definition) is 2. The van der Waals surface area contributed by atoms with Gasteiger partial charge in [-0.15, -0.1) is 12.4 Å². The van der Waals surface area contributed by atoms with E-state index in [0.717, 1.165) is 24.2 Å². The van der Waals surface area contributed by atoms with Gasteiger partial charge in [-0.1, -0.05) is 17.7 Å². The molecule has 0 saturated carbocycles. The number of rotatable bonds is 5. The summed E-state index contributed by atoms with van der Waals surface area (Å²) in [5.74, 6) is 0.517. The molecular weight excluding hydrogens is 374 g/mol. The fourth-order valence-electron chi connectivity index (χ4n) is 3.47. The van der Waals surface area contributed by atoms with Crippen LogP contribution >= 0.6 is 12.4 Å². The zero-order valence-electron chi connectivity index (χ0n) is 15.3. The number of hydrogen-bond acceptors (Lipinski definition) is 4. The molecule has 2 N–H and O–H groups in total. The van der Waals surface area contributed by atoms with Crippen LogP contribution in [0.3, 0.4) is 0 Å². The Balaban J connectivity index is 0.00000243. The van der Waals surface area contributed by atoms with E-state index in [4.69, 9.17) is 0 Å². The van der Waals surface area contributed by atoms with Crippen LogP contribution in [0.4, 0.5) is 0 Å². The van der Waals surface area contributed by atoms with Gasteiger partial charge in [-0.05, 0) is 38.3 Å². The van der Waals surface area contributed by atoms with Crippen molar-refractivity contribution in [1.82, 2.24) is 14.9 Å². The molecular formula is C18H28ClN3O3S. The minimum absolute atomic E-state index is 0. The van der Waals surface area contributed by atoms with Crippen LogP contribution in [0, 0.1) is 25.7 Å². The van der Waals surface area contributed by atoms with E-state index in [9.17, 15) is 13.2 Å². The second-order valence-electron chi connectivity index (χ2n) is 7.22. The summed E-state index contributed by atoms with van der Waals surface area (Å²) in [6, 6.07) is 5.41. The van der Waals surface area contributed by atoms with Gasteiger partial charge in [-0.3, -0.25) is 4.79 Å². The van der Waals surface area contributed by atoms with E-state index in [2.05, 4.69) is 10.6 Å². The Morgan fingerprint density at radius 3 is 2.42 bits per heavy atom. The largest absolute Gasteiger partial charge is 0.355 e. The highest BCUT2D eigenvalue weighted by molar-refractivity contribution is 7.89. The van der Waals surface area contributed by atoms with Crippen LogP contribution in [0.2, 0.25) is 0 Å². The minimum atomic E-state index is -3.49. The van der Waals surface area contributed by atoms with Crippen molar-refractivity contribution in [2.75, 3.05) is 32.7 Å². The highest BCUT2D eigenvalue weighted by Crippen LogP contribution is 2.26. The molecule has 1 aromatic carbocycles. The second-order valence-corrected chi connectivity index (χ2v) is 9.12. The van der Waals surface area contributed by atoms with Gasteiger partial charge in [0.25, 0.3) is 0 Å². The van der Waals surface area contributed by atoms with Crippen LogP contribution in [0.1, 0.15) is 24.0 Å². The fourth-order valence-corrected chi connectivity index (χ4v) is 5.14. The maximum Gasteiger partial charge on any atom is 0.243 e. The van der Waals surface area contributed by atoms with Crippen molar-refractivity contribution in [2.24, 2.45) is 11.8 Å². The first-order valence-corrected chi connectivity index (χ1v) is 10.4. The Labute approximate surface area is 162 Å². The molecule has 3 rings (SSSR count). The molecule has 0 spiro atoms. The van der Waals surface area contributed by atoms with Crippen molar-refractivity contribution >= 4 is 28.3 Å². The lowest BCUT2D eigenvalue weighted by Gasteiger charge is -2.32. The van der Waals surface area contributed by atoms with Crippen LogP contribution < -0.4 is 10.6 Å². The Kier molecular flexibility index (Phi) is 7.07. The van der Waals surface area contributed by atoms with Gasteiger partial charge < -0.3 is 10.6 Å². The van der Waals surface area contributed by atoms with Gasteiger partial charge in [0.1, 0.15) is 0 Å². The topological polar surface area (TPSA) is 78.5 Å². The molecule has 0 radical (unpaired) electrons. The zero-order chi connectivity index (χ0) is 18.0. The lowest BCUT2D eigenvalue weighted by Crippen LogP contribution is -2.50. The second kappa shape index (κ2) is 8.69. The van der Waals surface area contributed by atoms with Gasteiger partial charge >= 0.3 is 0 Å². The molecule has 0 atom stereocenters. The smallest absolute Gasteiger partial charge is 0.243 e. The number of nitrogens with zero attached hydrogens (tertiary/aromatic N) is 1. The van der Waals surface area contributed by atoms with Crippen LogP contribution in [0.15, 0.2) is 23.1 Å². The van der Waals surface area contributed by atoms with E-state index in [1.807, 2.05) is 26.0 Å². The number of sulfonamides is 1. The molecule has 2 heterocycles. The summed E-state index contributed by atoms with van der Waals surface area (Å²) in [6.45, 7) is 7.23. The summed E-state index contributed by atoms with van der Waals surface area (Å²) in [7, 11) is -3.49. The number of halogens is 1. The van der Waals surface area contributed by atoms with Crippen molar-refractivity contribution in [3.8, 4) is 0 Å². The van der Waals surface area contributed by atoms with Gasteiger partial charge in [-0.25, -0.2) is 8.42 Å². The molecule has 26 heavy (non-hydrogen) atoms. The van der Waals surface area contributed by atoms with E-state index >= 15 is 0 Å². The Morgan fingerprint density at radius 2 is 1.88 bits per heavy atom. The van der Waals surface area contributed by atoms with Crippen LogP contribution in [0.25, 0.3) is 0 Å². The molecule has 8 heteroatoms. The number of carbonyl (C=O) groups excluding carboxylic acids is 1. The van der Waals surface area contributed by atoms with Gasteiger partial charge in [0, 0.05) is 44.6 Å². The first-order chi connectivity index (χ1) is 11.9. The molecule has 2 fully saturated rings. The van der Waals surface area contributed by atoms with E-state index in [-0.39, 0.29) is 24.2 Å². The van der Waals surface area contributed by atoms with E-state index in [1.54, 1.807) is 6.07 Å². The molecule has 2 aliphatic heterocycles. The van der Waals surface area contributed by atoms with Gasteiger partial charge in [0.15, 0.2) is 0 Å². The predicted molar refractivity (Wildman–Crippen MR) is 104 cm³/mol. The number of carbonyl (C=O) groups is 1. The molecule has 2 saturated heterocycles. The Morgan fingerprint density at radius 1 is 1.23 bits per heavy atom. The summed E-state index contributed by atoms with van der Waals surface area (Å²) >= 11 is 0. The number of aryl methyl sites for hydroxylation is 2. The highest BCUT2D eigenvalue weighted by atomic mass is 35.5. The lowest BCUT2D eigenvalue weighted by atomic mass is 9.96. The molecule has 0 aliphatic carbocycles. The van der Waals surface area contributed by atoms with Gasteiger partial charge in [0.05, 0.1) is 4.90 Å². The highest BCUT2D eigenvalue weighted by Gasteiger charge is 2.33. The molecule has 0 aromatic heterocycles. The SMILES string of the molecule is Cc1ccc(S(=O)(=O)N2CCC(C(=O)NCC3CNC3)CC2)c(C)c1.Cl. The number of benzene rings is 1. The van der Waals surface area contributed by atoms with Crippen LogP contribution in [-0.2, 0) is 14.8 Å². The minimum Gasteiger partial charge on any atom is -0.355 e. The van der Waals surface area contributed by atoms with Crippen molar-refractivity contribution < 1.29 is 13.2 Å². The molecule has 1 amide bonds. The molecule has 2 aliphatic rings. The average Bonchev–Trinajstić information content (AvgIpc) is 2.53. The van der Waals surface area contributed by atoms with Gasteiger partial charge in [0.2, 0.25) is 15.9 Å². The van der Waals surface area contributed by atoms with Crippen molar-refractivity contribution in [3.05, 3.63) is 29.3 Å². The summed E-state index contributed by atoms with van der Waals surface area (Å²) in [5.41, 5.74) is 1.82. The van der Waals surface area contributed by atoms with E-state index < -0.39 is 10.0 Å². The molecule has 6 nitrogen and oxygen atoms in total. The fraction of sp³-hybridized carbons (Fsp3) is 0.611. The Hall–Kier alpha value is -1.15. The first-order valence-electron chi connectivity index (χ1n) is 8.94. The standard InChI is InChI=1S/C18H27N3O3S.ClH/c1-13-3-4-17(14(2)9-13)25(23,24)21-7-5-16(6-8-21)18(22)20-12-15-10-19-11-15;/h3-4,9,15-16,19H,5-8,10-12H2,1-2H3,(H,20,22);1H. The third kappa shape index (κ3) is 4.57. The molecule has 0 unspecified atom stereocenters. The third-order valence-corrected chi connectivity index (χ3v) is 7.26. The van der Waals surface area contributed by atoms with Crippen molar-refractivity contribution in [3.63, 3.8) is 0 Å². The maximum absolute atomic E-state index is 12.9. The quantitative estimate of drug-likeness (QED) is 0.783. The summed E-state index contributed by atoms with van der Waals surface area (Å²) < 4.78 is 27.3. The molecule has 0 bridgehead atoms. The predicted octanol–water partition coefficient (Wildman–Crippen LogP) is 1.46. The maximum atomic E-state index is 12.9. The van der Waals surface area contributed by atoms with E-state index in [0.29, 0.717) is 43.3 Å². The third-order valence-electron chi connectivity index (χ3n) is 5.20. The number of amides is 1. The zero-order valence-corrected chi connectivity index (χ0v) is 17.0. The van der Waals surface area contributed by atoms with Crippen molar-refractivity contribution in [1.29, 1.82) is 0 Å². The normalized spacial score (nSPS) is 19.5. The Bertz CT molecular complexity index is 742.